The number of phenolic OH excluding ortho intramolecular Hbond substituents is 1. The average molecular weight is 350 g/mol. The molecule has 7 heteroatoms. The van der Waals surface area contributed by atoms with Crippen molar-refractivity contribution in [3.63, 3.8) is 0 Å². The standard InChI is InChI=1S/C19H18N4O3/c24-15-9-4-8-14(12-15)20-19(25)23-11-5-10-16(23)18-21-17(22-26-18)13-6-2-1-3-7-13/h1-4,6-9,12,16,24H,5,10-11H2,(H,20,25)/t16-/m0/s1. The van der Waals surface area contributed by atoms with Crippen LogP contribution in [0.1, 0.15) is 24.8 Å². The number of carbonyl (C=O) groups is 1. The van der Waals surface area contributed by atoms with E-state index >= 15 is 0 Å². The Morgan fingerprint density at radius 3 is 2.85 bits per heavy atom. The number of benzene rings is 2. The summed E-state index contributed by atoms with van der Waals surface area (Å²) in [6, 6.07) is 15.5. The van der Waals surface area contributed by atoms with Gasteiger partial charge in [-0.25, -0.2) is 4.79 Å². The van der Waals surface area contributed by atoms with Crippen LogP contribution in [0.3, 0.4) is 0 Å². The Kier molecular flexibility index (Phi) is 4.27. The molecular weight excluding hydrogens is 332 g/mol. The van der Waals surface area contributed by atoms with E-state index in [0.717, 1.165) is 18.4 Å². The first-order valence-corrected chi connectivity index (χ1v) is 8.46. The van der Waals surface area contributed by atoms with Gasteiger partial charge in [0.2, 0.25) is 11.7 Å². The maximum absolute atomic E-state index is 12.6. The van der Waals surface area contributed by atoms with Crippen molar-refractivity contribution in [2.75, 3.05) is 11.9 Å². The number of rotatable bonds is 3. The minimum Gasteiger partial charge on any atom is -0.508 e. The van der Waals surface area contributed by atoms with Gasteiger partial charge < -0.3 is 19.8 Å². The number of nitrogens with one attached hydrogen (secondary N) is 1. The Hall–Kier alpha value is -3.35. The van der Waals surface area contributed by atoms with E-state index in [-0.39, 0.29) is 17.8 Å². The Bertz CT molecular complexity index is 910. The molecule has 132 valence electrons. The molecule has 2 heterocycles. The van der Waals surface area contributed by atoms with Crippen LogP contribution < -0.4 is 5.32 Å². The molecule has 26 heavy (non-hydrogen) atoms. The van der Waals surface area contributed by atoms with Gasteiger partial charge in [0.05, 0.1) is 0 Å². The zero-order valence-electron chi connectivity index (χ0n) is 14.0. The second-order valence-electron chi connectivity index (χ2n) is 6.15. The second-order valence-corrected chi connectivity index (χ2v) is 6.15. The van der Waals surface area contributed by atoms with E-state index in [1.807, 2.05) is 30.3 Å². The molecule has 2 amide bonds. The molecule has 0 bridgehead atoms. The molecule has 0 unspecified atom stereocenters. The van der Waals surface area contributed by atoms with Crippen LogP contribution in [0.5, 0.6) is 5.75 Å². The van der Waals surface area contributed by atoms with Crippen molar-refractivity contribution in [1.82, 2.24) is 15.0 Å². The fourth-order valence-corrected chi connectivity index (χ4v) is 3.12. The summed E-state index contributed by atoms with van der Waals surface area (Å²) in [5, 5.41) is 16.4. The third kappa shape index (κ3) is 3.23. The van der Waals surface area contributed by atoms with Crippen molar-refractivity contribution in [3.05, 3.63) is 60.5 Å². The van der Waals surface area contributed by atoms with Crippen LogP contribution in [-0.4, -0.2) is 32.7 Å². The molecule has 1 atom stereocenters. The molecule has 3 aromatic rings. The van der Waals surface area contributed by atoms with E-state index in [0.29, 0.717) is 23.9 Å². The first-order valence-electron chi connectivity index (χ1n) is 8.46. The molecule has 7 nitrogen and oxygen atoms in total. The summed E-state index contributed by atoms with van der Waals surface area (Å²) in [6.07, 6.45) is 1.63. The SMILES string of the molecule is O=C(Nc1cccc(O)c1)N1CCC[C@H]1c1nc(-c2ccccc2)no1. The molecule has 4 rings (SSSR count). The number of aromatic hydroxyl groups is 1. The number of aromatic nitrogens is 2. The first kappa shape index (κ1) is 16.1. The lowest BCUT2D eigenvalue weighted by atomic mass is 10.2. The topological polar surface area (TPSA) is 91.5 Å². The van der Waals surface area contributed by atoms with Crippen LogP contribution in [-0.2, 0) is 0 Å². The second kappa shape index (κ2) is 6.87. The zero-order valence-corrected chi connectivity index (χ0v) is 14.0. The molecule has 0 spiro atoms. The molecule has 2 N–H and O–H groups in total. The number of carbonyl (C=O) groups excluding carboxylic acids is 1. The quantitative estimate of drug-likeness (QED) is 0.749. The van der Waals surface area contributed by atoms with Crippen molar-refractivity contribution in [2.24, 2.45) is 0 Å². The minimum absolute atomic E-state index is 0.102. The van der Waals surface area contributed by atoms with E-state index in [1.54, 1.807) is 23.1 Å². The zero-order chi connectivity index (χ0) is 17.9. The van der Waals surface area contributed by atoms with E-state index in [2.05, 4.69) is 15.5 Å². The van der Waals surface area contributed by atoms with Gasteiger partial charge in [0.25, 0.3) is 0 Å². The summed E-state index contributed by atoms with van der Waals surface area (Å²) < 4.78 is 5.43. The lowest BCUT2D eigenvalue weighted by Crippen LogP contribution is -2.34. The van der Waals surface area contributed by atoms with Gasteiger partial charge >= 0.3 is 6.03 Å². The van der Waals surface area contributed by atoms with Crippen molar-refractivity contribution in [1.29, 1.82) is 0 Å². The molecule has 1 aromatic heterocycles. The molecule has 1 aliphatic rings. The van der Waals surface area contributed by atoms with E-state index < -0.39 is 0 Å². The number of likely N-dealkylation sites (tertiary alicyclic amines) is 1. The Morgan fingerprint density at radius 2 is 2.04 bits per heavy atom. The van der Waals surface area contributed by atoms with Crippen molar-refractivity contribution in [3.8, 4) is 17.1 Å². The minimum atomic E-state index is -0.253. The van der Waals surface area contributed by atoms with Crippen LogP contribution in [0.15, 0.2) is 59.1 Å². The van der Waals surface area contributed by atoms with Gasteiger partial charge in [0.15, 0.2) is 0 Å². The largest absolute Gasteiger partial charge is 0.508 e. The number of nitrogens with zero attached hydrogens (tertiary/aromatic N) is 3. The number of amides is 2. The molecular formula is C19H18N4O3. The van der Waals surface area contributed by atoms with Gasteiger partial charge in [-0.05, 0) is 25.0 Å². The van der Waals surface area contributed by atoms with Crippen molar-refractivity contribution < 1.29 is 14.4 Å². The van der Waals surface area contributed by atoms with Gasteiger partial charge in [0, 0.05) is 23.9 Å². The number of urea groups is 1. The lowest BCUT2D eigenvalue weighted by molar-refractivity contribution is 0.193. The van der Waals surface area contributed by atoms with Crippen molar-refractivity contribution in [2.45, 2.75) is 18.9 Å². The number of phenols is 1. The fourth-order valence-electron chi connectivity index (χ4n) is 3.12. The highest BCUT2D eigenvalue weighted by Gasteiger charge is 2.34. The van der Waals surface area contributed by atoms with Crippen LogP contribution in [0, 0.1) is 0 Å². The van der Waals surface area contributed by atoms with Crippen LogP contribution in [0.2, 0.25) is 0 Å². The predicted molar refractivity (Wildman–Crippen MR) is 95.5 cm³/mol. The smallest absolute Gasteiger partial charge is 0.322 e. The highest BCUT2D eigenvalue weighted by atomic mass is 16.5. The van der Waals surface area contributed by atoms with Crippen LogP contribution in [0.4, 0.5) is 10.5 Å². The molecule has 1 saturated heterocycles. The normalized spacial score (nSPS) is 16.6. The summed E-state index contributed by atoms with van der Waals surface area (Å²) in [4.78, 5) is 18.8. The summed E-state index contributed by atoms with van der Waals surface area (Å²) in [7, 11) is 0. The number of anilines is 1. The first-order chi connectivity index (χ1) is 12.7. The Labute approximate surface area is 150 Å². The maximum atomic E-state index is 12.6. The summed E-state index contributed by atoms with van der Waals surface area (Å²) in [5.74, 6) is 1.05. The Morgan fingerprint density at radius 1 is 1.19 bits per heavy atom. The van der Waals surface area contributed by atoms with Gasteiger partial charge in [-0.2, -0.15) is 4.98 Å². The molecule has 2 aromatic carbocycles. The van der Waals surface area contributed by atoms with Crippen molar-refractivity contribution >= 4 is 11.7 Å². The predicted octanol–water partition coefficient (Wildman–Crippen LogP) is 3.81. The van der Waals surface area contributed by atoms with Gasteiger partial charge in [-0.1, -0.05) is 41.6 Å². The van der Waals surface area contributed by atoms with Gasteiger partial charge in [-0.3, -0.25) is 0 Å². The summed E-state index contributed by atoms with van der Waals surface area (Å²) >= 11 is 0. The summed E-state index contributed by atoms with van der Waals surface area (Å²) in [6.45, 7) is 0.609. The highest BCUT2D eigenvalue weighted by Crippen LogP contribution is 2.32. The number of hydrogen-bond acceptors (Lipinski definition) is 5. The molecule has 0 aliphatic carbocycles. The molecule has 0 saturated carbocycles. The van der Waals surface area contributed by atoms with Gasteiger partial charge in [-0.15, -0.1) is 0 Å². The monoisotopic (exact) mass is 350 g/mol. The average Bonchev–Trinajstić information content (AvgIpc) is 3.32. The van der Waals surface area contributed by atoms with Crippen LogP contribution >= 0.6 is 0 Å². The van der Waals surface area contributed by atoms with Gasteiger partial charge in [0.1, 0.15) is 11.8 Å². The third-order valence-electron chi connectivity index (χ3n) is 4.37. The highest BCUT2D eigenvalue weighted by molar-refractivity contribution is 5.90. The number of hydrogen-bond donors (Lipinski definition) is 2. The van der Waals surface area contributed by atoms with E-state index in [1.165, 1.54) is 6.07 Å². The molecule has 0 radical (unpaired) electrons. The Balaban J connectivity index is 1.51. The fraction of sp³-hybridized carbons (Fsp3) is 0.211. The third-order valence-corrected chi connectivity index (χ3v) is 4.37. The summed E-state index contributed by atoms with van der Waals surface area (Å²) in [5.41, 5.74) is 1.41. The molecule has 1 fully saturated rings. The van der Waals surface area contributed by atoms with Crippen LogP contribution in [0.25, 0.3) is 11.4 Å². The van der Waals surface area contributed by atoms with E-state index in [4.69, 9.17) is 4.52 Å². The molecule has 1 aliphatic heterocycles. The van der Waals surface area contributed by atoms with E-state index in [9.17, 15) is 9.90 Å². The maximum Gasteiger partial charge on any atom is 0.322 e. The lowest BCUT2D eigenvalue weighted by Gasteiger charge is -2.22.